The van der Waals surface area contributed by atoms with Gasteiger partial charge in [0.1, 0.15) is 57.8 Å². The number of carboxylic acids is 5. The van der Waals surface area contributed by atoms with E-state index in [1.54, 1.807) is 60.7 Å². The SMILES string of the molecule is O=C([O-])c1cnc(-c2cc3ccccc3o2)o1.O=C([O-])c1cnc(-c2cc3ccccc3o2)o1.O=C([O-])c1cnc(-c2cc3ccccc3o2)o1.O=C([O-])c1cnc(-c2cc3ccccc3o2)o1.O=C([O-])c1cnc(-c2cc3ccccc3o2)o1.[K+].[K+].[K+].[K+].[K+]. The Hall–Kier alpha value is -4.62. The van der Waals surface area contributed by atoms with Crippen LogP contribution in [-0.2, 0) is 0 Å². The number of hydrogen-bond acceptors (Lipinski definition) is 25. The molecule has 10 aromatic heterocycles. The molecule has 90 heavy (non-hydrogen) atoms. The summed E-state index contributed by atoms with van der Waals surface area (Å²) < 4.78 is 52.4. The summed E-state index contributed by atoms with van der Waals surface area (Å²) in [5.74, 6) is -6.04. The first kappa shape index (κ1) is 74.4. The van der Waals surface area contributed by atoms with Crippen molar-refractivity contribution in [2.75, 3.05) is 0 Å². The van der Waals surface area contributed by atoms with E-state index in [1.165, 1.54) is 0 Å². The van der Waals surface area contributed by atoms with E-state index < -0.39 is 29.8 Å². The molecular weight excluding hydrogens is 1310 g/mol. The van der Waals surface area contributed by atoms with Crippen molar-refractivity contribution < 1.29 is 351 Å². The van der Waals surface area contributed by atoms with Gasteiger partial charge < -0.3 is 93.7 Å². The van der Waals surface area contributed by atoms with Crippen molar-refractivity contribution in [3.05, 3.63) is 211 Å². The predicted molar refractivity (Wildman–Crippen MR) is 280 cm³/mol. The van der Waals surface area contributed by atoms with E-state index in [-0.39, 0.29) is 315 Å². The number of benzene rings is 5. The Labute approximate surface area is 716 Å². The molecule has 15 rings (SSSR count). The second-order valence-corrected chi connectivity index (χ2v) is 17.3. The van der Waals surface area contributed by atoms with Crippen LogP contribution in [0.5, 0.6) is 0 Å². The number of oxazole rings is 5. The van der Waals surface area contributed by atoms with Crippen molar-refractivity contribution in [3.63, 3.8) is 0 Å². The molecule has 10 heterocycles. The minimum Gasteiger partial charge on any atom is -0.541 e. The van der Waals surface area contributed by atoms with Gasteiger partial charge in [0, 0.05) is 26.9 Å². The molecule has 15 aromatic rings. The van der Waals surface area contributed by atoms with Crippen molar-refractivity contribution in [2.45, 2.75) is 0 Å². The maximum Gasteiger partial charge on any atom is 1.00 e. The van der Waals surface area contributed by atoms with Gasteiger partial charge in [0.05, 0.1) is 31.0 Å². The third kappa shape index (κ3) is 18.4. The molecule has 30 heteroatoms. The van der Waals surface area contributed by atoms with Gasteiger partial charge in [-0.25, -0.2) is 24.9 Å². The molecule has 0 saturated heterocycles. The van der Waals surface area contributed by atoms with Crippen molar-refractivity contribution in [1.29, 1.82) is 0 Å². The van der Waals surface area contributed by atoms with Crippen molar-refractivity contribution in [3.8, 4) is 58.3 Å². The molecule has 0 aliphatic carbocycles. The number of rotatable bonds is 10. The number of nitrogens with zero attached hydrogens (tertiary/aromatic N) is 5. The summed E-state index contributed by atoms with van der Waals surface area (Å²) in [6.07, 6.45) is 5.48. The van der Waals surface area contributed by atoms with Crippen LogP contribution in [0.25, 0.3) is 113 Å². The molecule has 0 amide bonds. The first-order valence-corrected chi connectivity index (χ1v) is 24.5. The zero-order valence-electron chi connectivity index (χ0n) is 47.7. The van der Waals surface area contributed by atoms with E-state index in [2.05, 4.69) is 24.9 Å². The molecule has 0 N–H and O–H groups in total. The number of carbonyl (C=O) groups is 5. The van der Waals surface area contributed by atoms with Gasteiger partial charge in [0.15, 0.2) is 57.6 Å². The Morgan fingerprint density at radius 2 is 0.400 bits per heavy atom. The average molecular weight is 1340 g/mol. The largest absolute Gasteiger partial charge is 1.00 e. The van der Waals surface area contributed by atoms with Crippen molar-refractivity contribution in [2.24, 2.45) is 0 Å². The van der Waals surface area contributed by atoms with Crippen LogP contribution >= 0.6 is 0 Å². The molecule has 0 aliphatic heterocycles. The van der Waals surface area contributed by atoms with Crippen LogP contribution in [0.4, 0.5) is 0 Å². The Morgan fingerprint density at radius 3 is 0.533 bits per heavy atom. The van der Waals surface area contributed by atoms with Gasteiger partial charge >= 0.3 is 257 Å². The molecule has 420 valence electrons. The molecule has 0 saturated carbocycles. The maximum absolute atomic E-state index is 10.5. The smallest absolute Gasteiger partial charge is 0.541 e. The summed E-state index contributed by atoms with van der Waals surface area (Å²) in [6.45, 7) is 0. The van der Waals surface area contributed by atoms with Crippen LogP contribution in [0, 0.1) is 0 Å². The monoisotopic (exact) mass is 1330 g/mol. The van der Waals surface area contributed by atoms with Gasteiger partial charge in [-0.15, -0.1) is 0 Å². The van der Waals surface area contributed by atoms with Crippen molar-refractivity contribution >= 4 is 84.7 Å². The van der Waals surface area contributed by atoms with Crippen LogP contribution in [0.1, 0.15) is 52.8 Å². The number of aromatic carboxylic acids is 5. The number of furan rings is 5. The number of fused-ring (bicyclic) bond motifs is 5. The van der Waals surface area contributed by atoms with E-state index >= 15 is 0 Å². The molecule has 0 atom stereocenters. The summed E-state index contributed by atoms with van der Waals surface area (Å²) in [7, 11) is 0. The standard InChI is InChI=1S/5C12H7NO4.5K/c5*14-12(15)10-6-13-11(17-10)9-5-7-3-1-2-4-8(7)16-9;;;;;/h5*1-6H,(H,14,15);;;;;/q;;;;;5*+1/p-5. The molecule has 25 nitrogen and oxygen atoms in total. The molecule has 0 spiro atoms. The molecule has 0 radical (unpaired) electrons. The Balaban J connectivity index is 0.000000177. The second-order valence-electron chi connectivity index (χ2n) is 17.3. The molecule has 0 bridgehead atoms. The maximum atomic E-state index is 10.5. The Morgan fingerprint density at radius 1 is 0.244 bits per heavy atom. The summed E-state index contributed by atoms with van der Waals surface area (Å²) in [6, 6.07) is 45.7. The molecule has 5 aromatic carbocycles. The van der Waals surface area contributed by atoms with E-state index in [4.69, 9.17) is 44.2 Å². The topological polar surface area (TPSA) is 396 Å². The first-order chi connectivity index (χ1) is 41.2. The van der Waals surface area contributed by atoms with Gasteiger partial charge in [-0.1, -0.05) is 91.0 Å². The molecule has 0 unspecified atom stereocenters. The summed E-state index contributed by atoms with van der Waals surface area (Å²) in [5.41, 5.74) is 3.45. The Bertz CT molecular complexity index is 4050. The minimum absolute atomic E-state index is 0. The van der Waals surface area contributed by atoms with Crippen LogP contribution < -0.4 is 282 Å². The van der Waals surface area contributed by atoms with Crippen LogP contribution in [0.2, 0.25) is 0 Å². The van der Waals surface area contributed by atoms with Crippen LogP contribution in [0.3, 0.4) is 0 Å². The fourth-order valence-corrected chi connectivity index (χ4v) is 7.85. The number of hydrogen-bond donors (Lipinski definition) is 0. The summed E-state index contributed by atoms with van der Waals surface area (Å²) >= 11 is 0. The predicted octanol–water partition coefficient (Wildman–Crippen LogP) is -7.72. The normalized spacial score (nSPS) is 10.2. The number of carboxylic acid groups (broad SMARTS) is 5. The van der Waals surface area contributed by atoms with Crippen molar-refractivity contribution in [1.82, 2.24) is 24.9 Å². The van der Waals surface area contributed by atoms with E-state index in [0.29, 0.717) is 56.7 Å². The third-order valence-corrected chi connectivity index (χ3v) is 11.7. The van der Waals surface area contributed by atoms with Gasteiger partial charge in [0.25, 0.3) is 29.5 Å². The third-order valence-electron chi connectivity index (χ3n) is 11.7. The molecule has 0 fully saturated rings. The first-order valence-electron chi connectivity index (χ1n) is 24.5. The summed E-state index contributed by atoms with van der Waals surface area (Å²) in [4.78, 5) is 71.8. The number of para-hydroxylation sites is 5. The van der Waals surface area contributed by atoms with Gasteiger partial charge in [-0.3, -0.25) is 0 Å². The fourth-order valence-electron chi connectivity index (χ4n) is 7.85. The Kier molecular flexibility index (Phi) is 28.5. The minimum atomic E-state index is -1.40. The molecule has 0 aliphatic rings. The van der Waals surface area contributed by atoms with Gasteiger partial charge in [-0.05, 0) is 60.7 Å². The van der Waals surface area contributed by atoms with Gasteiger partial charge in [-0.2, -0.15) is 0 Å². The van der Waals surface area contributed by atoms with Gasteiger partial charge in [0.2, 0.25) is 0 Å². The van der Waals surface area contributed by atoms with E-state index in [9.17, 15) is 49.5 Å². The molecular formula is C60H30K5N5O20. The quantitative estimate of drug-likeness (QED) is 0.115. The summed E-state index contributed by atoms with van der Waals surface area (Å²) in [5, 5.41) is 57.2. The average Bonchev–Trinajstić information content (AvgIpc) is 4.14. The zero-order valence-corrected chi connectivity index (χ0v) is 63.3. The number of aromatic nitrogens is 5. The zero-order chi connectivity index (χ0) is 59.1. The van der Waals surface area contributed by atoms with E-state index in [0.717, 1.165) is 57.9 Å². The second kappa shape index (κ2) is 34.5. The number of carbonyl (C=O) groups excluding carboxylic acids is 5. The van der Waals surface area contributed by atoms with E-state index in [1.807, 2.05) is 91.0 Å². The fraction of sp³-hybridized carbons (Fsp3) is 0. The van der Waals surface area contributed by atoms with Crippen LogP contribution in [0.15, 0.2) is 227 Å². The van der Waals surface area contributed by atoms with Crippen LogP contribution in [-0.4, -0.2) is 54.8 Å².